The molecule has 0 aliphatic heterocycles. The quantitative estimate of drug-likeness (QED) is 0.728. The summed E-state index contributed by atoms with van der Waals surface area (Å²) in [7, 11) is 0. The SMILES string of the molecule is CCCCC(N)CNCCC.Clc1ccccc1Cl. The van der Waals surface area contributed by atoms with Gasteiger partial charge in [0.15, 0.2) is 0 Å². The first kappa shape index (κ1) is 18.7. The Balaban J connectivity index is 0.000000356. The maximum atomic E-state index is 5.84. The van der Waals surface area contributed by atoms with Crippen LogP contribution in [0.15, 0.2) is 24.3 Å². The Morgan fingerprint density at radius 3 is 2.11 bits per heavy atom. The third-order valence-electron chi connectivity index (χ3n) is 2.59. The lowest BCUT2D eigenvalue weighted by Crippen LogP contribution is -2.34. The van der Waals surface area contributed by atoms with Crippen molar-refractivity contribution in [2.45, 2.75) is 45.6 Å². The summed E-state index contributed by atoms with van der Waals surface area (Å²) in [6.07, 6.45) is 4.87. The highest BCUT2D eigenvalue weighted by atomic mass is 35.5. The minimum Gasteiger partial charge on any atom is -0.327 e. The number of halogens is 2. The van der Waals surface area contributed by atoms with Crippen LogP contribution in [-0.2, 0) is 0 Å². The van der Waals surface area contributed by atoms with Crippen molar-refractivity contribution in [1.29, 1.82) is 0 Å². The fourth-order valence-corrected chi connectivity index (χ4v) is 1.74. The molecule has 0 bridgehead atoms. The molecule has 1 aromatic carbocycles. The van der Waals surface area contributed by atoms with Crippen LogP contribution in [0.3, 0.4) is 0 Å². The molecule has 1 unspecified atom stereocenters. The fraction of sp³-hybridized carbons (Fsp3) is 0.600. The van der Waals surface area contributed by atoms with Gasteiger partial charge in [0.2, 0.25) is 0 Å². The zero-order valence-electron chi connectivity index (χ0n) is 12.0. The van der Waals surface area contributed by atoms with E-state index in [0.717, 1.165) is 19.5 Å². The largest absolute Gasteiger partial charge is 0.327 e. The standard InChI is InChI=1S/C9H22N2.C6H4Cl2/c1-3-5-6-9(10)8-11-7-4-2;7-5-3-1-2-4-6(5)8/h9,11H,3-8,10H2,1-2H3;1-4H. The number of benzene rings is 1. The van der Waals surface area contributed by atoms with Crippen LogP contribution >= 0.6 is 23.2 Å². The maximum Gasteiger partial charge on any atom is 0.0592 e. The van der Waals surface area contributed by atoms with Crippen LogP contribution in [0.25, 0.3) is 0 Å². The summed E-state index contributed by atoms with van der Waals surface area (Å²) in [4.78, 5) is 0. The van der Waals surface area contributed by atoms with Gasteiger partial charge in [-0.2, -0.15) is 0 Å². The molecule has 110 valence electrons. The van der Waals surface area contributed by atoms with Gasteiger partial charge in [-0.15, -0.1) is 0 Å². The molecule has 0 radical (unpaired) electrons. The number of nitrogens with one attached hydrogen (secondary N) is 1. The summed E-state index contributed by atoms with van der Waals surface area (Å²) >= 11 is 11.2. The smallest absolute Gasteiger partial charge is 0.0592 e. The van der Waals surface area contributed by atoms with Crippen molar-refractivity contribution in [3.05, 3.63) is 34.3 Å². The average Bonchev–Trinajstić information content (AvgIpc) is 2.41. The van der Waals surface area contributed by atoms with Gasteiger partial charge >= 0.3 is 0 Å². The molecule has 0 aliphatic carbocycles. The van der Waals surface area contributed by atoms with E-state index in [1.54, 1.807) is 12.1 Å². The third-order valence-corrected chi connectivity index (χ3v) is 3.34. The van der Waals surface area contributed by atoms with Crippen LogP contribution in [0, 0.1) is 0 Å². The Morgan fingerprint density at radius 2 is 1.68 bits per heavy atom. The Kier molecular flexibility index (Phi) is 12.6. The molecule has 2 nitrogen and oxygen atoms in total. The molecule has 3 N–H and O–H groups in total. The molecule has 0 aromatic heterocycles. The van der Waals surface area contributed by atoms with Gasteiger partial charge < -0.3 is 11.1 Å². The molecule has 0 heterocycles. The number of hydrogen-bond donors (Lipinski definition) is 2. The summed E-state index contributed by atoms with van der Waals surface area (Å²) in [5.74, 6) is 0. The second-order valence-electron chi connectivity index (χ2n) is 4.52. The van der Waals surface area contributed by atoms with Crippen LogP contribution in [0.4, 0.5) is 0 Å². The summed E-state index contributed by atoms with van der Waals surface area (Å²) in [5, 5.41) is 4.53. The van der Waals surface area contributed by atoms with Gasteiger partial charge in [-0.1, -0.05) is 62.0 Å². The van der Waals surface area contributed by atoms with E-state index in [2.05, 4.69) is 19.2 Å². The summed E-state index contributed by atoms with van der Waals surface area (Å²) in [5.41, 5.74) is 5.84. The molecule has 0 saturated carbocycles. The Morgan fingerprint density at radius 1 is 1.11 bits per heavy atom. The Bertz CT molecular complexity index is 298. The topological polar surface area (TPSA) is 38.0 Å². The molecule has 0 spiro atoms. The highest BCUT2D eigenvalue weighted by molar-refractivity contribution is 6.41. The molecule has 0 amide bonds. The van der Waals surface area contributed by atoms with E-state index in [0.29, 0.717) is 16.1 Å². The number of hydrogen-bond acceptors (Lipinski definition) is 2. The predicted octanol–water partition coefficient (Wildman–Crippen LogP) is 4.50. The van der Waals surface area contributed by atoms with Gasteiger partial charge in [0.05, 0.1) is 10.0 Å². The lowest BCUT2D eigenvalue weighted by atomic mass is 10.1. The summed E-state index contributed by atoms with van der Waals surface area (Å²) in [6, 6.07) is 7.55. The highest BCUT2D eigenvalue weighted by Crippen LogP contribution is 2.19. The molecule has 1 aromatic rings. The zero-order chi connectivity index (χ0) is 14.5. The average molecular weight is 305 g/mol. The second kappa shape index (κ2) is 12.7. The van der Waals surface area contributed by atoms with E-state index < -0.39 is 0 Å². The lowest BCUT2D eigenvalue weighted by Gasteiger charge is -2.10. The van der Waals surface area contributed by atoms with Gasteiger partial charge in [-0.3, -0.25) is 0 Å². The van der Waals surface area contributed by atoms with Crippen LogP contribution in [0.2, 0.25) is 10.0 Å². The van der Waals surface area contributed by atoms with E-state index in [1.807, 2.05) is 12.1 Å². The van der Waals surface area contributed by atoms with Crippen molar-refractivity contribution in [2.75, 3.05) is 13.1 Å². The first-order valence-electron chi connectivity index (χ1n) is 6.98. The number of rotatable bonds is 7. The fourth-order valence-electron chi connectivity index (χ4n) is 1.47. The predicted molar refractivity (Wildman–Crippen MR) is 87.1 cm³/mol. The van der Waals surface area contributed by atoms with Crippen molar-refractivity contribution in [1.82, 2.24) is 5.32 Å². The third kappa shape index (κ3) is 11.3. The first-order valence-corrected chi connectivity index (χ1v) is 7.73. The van der Waals surface area contributed by atoms with E-state index in [1.165, 1.54) is 19.3 Å². The molecular weight excluding hydrogens is 279 g/mol. The number of nitrogens with two attached hydrogens (primary N) is 1. The van der Waals surface area contributed by atoms with E-state index in [9.17, 15) is 0 Å². The van der Waals surface area contributed by atoms with Crippen LogP contribution in [-0.4, -0.2) is 19.1 Å². The molecule has 4 heteroatoms. The lowest BCUT2D eigenvalue weighted by molar-refractivity contribution is 0.524. The maximum absolute atomic E-state index is 5.84. The summed E-state index contributed by atoms with van der Waals surface area (Å²) in [6.45, 7) is 6.45. The molecule has 19 heavy (non-hydrogen) atoms. The molecular formula is C15H26Cl2N2. The second-order valence-corrected chi connectivity index (χ2v) is 5.33. The first-order chi connectivity index (χ1) is 9.11. The zero-order valence-corrected chi connectivity index (χ0v) is 13.5. The highest BCUT2D eigenvalue weighted by Gasteiger charge is 1.99. The molecule has 1 atom stereocenters. The normalized spacial score (nSPS) is 11.6. The van der Waals surface area contributed by atoms with Crippen LogP contribution in [0.5, 0.6) is 0 Å². The van der Waals surface area contributed by atoms with Crippen LogP contribution < -0.4 is 11.1 Å². The van der Waals surface area contributed by atoms with Crippen molar-refractivity contribution in [3.63, 3.8) is 0 Å². The van der Waals surface area contributed by atoms with E-state index >= 15 is 0 Å². The Labute approximate surface area is 127 Å². The van der Waals surface area contributed by atoms with Crippen LogP contribution in [0.1, 0.15) is 39.5 Å². The van der Waals surface area contributed by atoms with Gasteiger partial charge in [0.1, 0.15) is 0 Å². The molecule has 0 fully saturated rings. The van der Waals surface area contributed by atoms with Gasteiger partial charge in [0.25, 0.3) is 0 Å². The Hall–Kier alpha value is -0.280. The van der Waals surface area contributed by atoms with E-state index in [4.69, 9.17) is 28.9 Å². The van der Waals surface area contributed by atoms with Crippen molar-refractivity contribution in [2.24, 2.45) is 5.73 Å². The monoisotopic (exact) mass is 304 g/mol. The van der Waals surface area contributed by atoms with Gasteiger partial charge in [-0.05, 0) is 31.5 Å². The molecule has 0 saturated heterocycles. The molecule has 0 aliphatic rings. The minimum atomic E-state index is 0.362. The number of unbranched alkanes of at least 4 members (excludes halogenated alkanes) is 1. The van der Waals surface area contributed by atoms with Crippen molar-refractivity contribution < 1.29 is 0 Å². The van der Waals surface area contributed by atoms with Gasteiger partial charge in [0, 0.05) is 12.6 Å². The van der Waals surface area contributed by atoms with Gasteiger partial charge in [-0.25, -0.2) is 0 Å². The minimum absolute atomic E-state index is 0.362. The van der Waals surface area contributed by atoms with Crippen molar-refractivity contribution in [3.8, 4) is 0 Å². The molecule has 1 rings (SSSR count). The summed E-state index contributed by atoms with van der Waals surface area (Å²) < 4.78 is 0. The van der Waals surface area contributed by atoms with Crippen molar-refractivity contribution >= 4 is 23.2 Å². The van der Waals surface area contributed by atoms with E-state index in [-0.39, 0.29) is 0 Å².